The molecule has 0 unspecified atom stereocenters. The first-order valence-corrected chi connectivity index (χ1v) is 7.13. The second kappa shape index (κ2) is 5.44. The summed E-state index contributed by atoms with van der Waals surface area (Å²) >= 11 is 0. The number of aromatic nitrogens is 4. The largest absolute Gasteiger partial charge is 0.383 e. The first kappa shape index (κ1) is 13.4. The van der Waals surface area contributed by atoms with Crippen LogP contribution in [0.2, 0.25) is 0 Å². The summed E-state index contributed by atoms with van der Waals surface area (Å²) in [5.74, 6) is 0.698. The number of aryl methyl sites for hydroxylation is 1. The minimum atomic E-state index is 0.698. The van der Waals surface area contributed by atoms with E-state index in [1.165, 1.54) is 0 Å². The molecule has 21 heavy (non-hydrogen) atoms. The SMILES string of the molecule is CCCc1c(-c2ccn(C)n2)nn(-c2ccccc2)c1N. The van der Waals surface area contributed by atoms with Crippen LogP contribution in [0.3, 0.4) is 0 Å². The fourth-order valence-corrected chi connectivity index (χ4v) is 2.47. The molecule has 0 spiro atoms. The Morgan fingerprint density at radius 1 is 1.10 bits per heavy atom. The van der Waals surface area contributed by atoms with Gasteiger partial charge in [0.05, 0.1) is 5.69 Å². The first-order valence-electron chi connectivity index (χ1n) is 7.13. The molecular weight excluding hydrogens is 262 g/mol. The van der Waals surface area contributed by atoms with Crippen molar-refractivity contribution in [2.45, 2.75) is 19.8 Å². The summed E-state index contributed by atoms with van der Waals surface area (Å²) in [5, 5.41) is 9.16. The topological polar surface area (TPSA) is 61.7 Å². The lowest BCUT2D eigenvalue weighted by atomic mass is 10.1. The van der Waals surface area contributed by atoms with Gasteiger partial charge in [-0.1, -0.05) is 31.5 Å². The van der Waals surface area contributed by atoms with Crippen LogP contribution in [-0.4, -0.2) is 19.6 Å². The summed E-state index contributed by atoms with van der Waals surface area (Å²) < 4.78 is 3.58. The van der Waals surface area contributed by atoms with E-state index < -0.39 is 0 Å². The Hall–Kier alpha value is -2.56. The molecule has 2 heterocycles. The van der Waals surface area contributed by atoms with Crippen LogP contribution in [-0.2, 0) is 13.5 Å². The lowest BCUT2D eigenvalue weighted by molar-refractivity contribution is 0.768. The van der Waals surface area contributed by atoms with Crippen LogP contribution in [0, 0.1) is 0 Å². The van der Waals surface area contributed by atoms with Crippen molar-refractivity contribution >= 4 is 5.82 Å². The number of anilines is 1. The second-order valence-electron chi connectivity index (χ2n) is 5.08. The van der Waals surface area contributed by atoms with Crippen LogP contribution < -0.4 is 5.73 Å². The fraction of sp³-hybridized carbons (Fsp3) is 0.250. The van der Waals surface area contributed by atoms with Crippen LogP contribution in [0.1, 0.15) is 18.9 Å². The molecule has 3 rings (SSSR count). The van der Waals surface area contributed by atoms with E-state index >= 15 is 0 Å². The molecular formula is C16H19N5. The fourth-order valence-electron chi connectivity index (χ4n) is 2.47. The van der Waals surface area contributed by atoms with E-state index in [0.717, 1.165) is 35.5 Å². The molecule has 0 saturated heterocycles. The van der Waals surface area contributed by atoms with Crippen molar-refractivity contribution in [3.05, 3.63) is 48.2 Å². The number of benzene rings is 1. The highest BCUT2D eigenvalue weighted by atomic mass is 15.3. The Labute approximate surface area is 124 Å². The molecule has 0 atom stereocenters. The highest BCUT2D eigenvalue weighted by molar-refractivity contribution is 5.67. The Balaban J connectivity index is 2.16. The van der Waals surface area contributed by atoms with Gasteiger partial charge in [-0.3, -0.25) is 4.68 Å². The van der Waals surface area contributed by atoms with Crippen molar-refractivity contribution in [2.24, 2.45) is 7.05 Å². The maximum atomic E-state index is 6.33. The minimum Gasteiger partial charge on any atom is -0.383 e. The summed E-state index contributed by atoms with van der Waals surface area (Å²) in [7, 11) is 1.90. The molecule has 5 heteroatoms. The van der Waals surface area contributed by atoms with Gasteiger partial charge in [0.1, 0.15) is 17.2 Å². The summed E-state index contributed by atoms with van der Waals surface area (Å²) in [6.07, 6.45) is 3.83. The Kier molecular flexibility index (Phi) is 3.48. The van der Waals surface area contributed by atoms with Gasteiger partial charge in [-0.05, 0) is 24.6 Å². The van der Waals surface area contributed by atoms with Crippen LogP contribution in [0.5, 0.6) is 0 Å². The van der Waals surface area contributed by atoms with Gasteiger partial charge in [-0.25, -0.2) is 4.68 Å². The number of rotatable bonds is 4. The predicted octanol–water partition coefficient (Wildman–Crippen LogP) is 2.81. The molecule has 0 radical (unpaired) electrons. The zero-order valence-corrected chi connectivity index (χ0v) is 12.3. The van der Waals surface area contributed by atoms with E-state index in [4.69, 9.17) is 10.8 Å². The summed E-state index contributed by atoms with van der Waals surface area (Å²) in [6.45, 7) is 2.14. The molecule has 0 aliphatic rings. The molecule has 0 fully saturated rings. The van der Waals surface area contributed by atoms with Gasteiger partial charge in [0.2, 0.25) is 0 Å². The first-order chi connectivity index (χ1) is 10.2. The molecule has 0 aliphatic heterocycles. The Morgan fingerprint density at radius 3 is 2.48 bits per heavy atom. The Morgan fingerprint density at radius 2 is 1.86 bits per heavy atom. The number of nitrogens with two attached hydrogens (primary N) is 1. The standard InChI is InChI=1S/C16H19N5/c1-3-7-13-15(14-10-11-20(2)18-14)19-21(16(13)17)12-8-5-4-6-9-12/h4-6,8-11H,3,7,17H2,1-2H3. The molecule has 2 aromatic heterocycles. The van der Waals surface area contributed by atoms with E-state index in [2.05, 4.69) is 12.0 Å². The van der Waals surface area contributed by atoms with Gasteiger partial charge in [0.15, 0.2) is 0 Å². The third-order valence-corrected chi connectivity index (χ3v) is 3.48. The zero-order valence-electron chi connectivity index (χ0n) is 12.3. The van der Waals surface area contributed by atoms with Crippen LogP contribution in [0.15, 0.2) is 42.6 Å². The van der Waals surface area contributed by atoms with Crippen molar-refractivity contribution in [1.82, 2.24) is 19.6 Å². The molecule has 3 aromatic rings. The third kappa shape index (κ3) is 2.42. The van der Waals surface area contributed by atoms with Crippen molar-refractivity contribution in [3.63, 3.8) is 0 Å². The predicted molar refractivity (Wildman–Crippen MR) is 84.2 cm³/mol. The lowest BCUT2D eigenvalue weighted by Gasteiger charge is -2.04. The quantitative estimate of drug-likeness (QED) is 0.800. The maximum absolute atomic E-state index is 6.33. The van der Waals surface area contributed by atoms with E-state index in [9.17, 15) is 0 Å². The van der Waals surface area contributed by atoms with Crippen molar-refractivity contribution < 1.29 is 0 Å². The van der Waals surface area contributed by atoms with E-state index in [0.29, 0.717) is 5.82 Å². The van der Waals surface area contributed by atoms with Crippen molar-refractivity contribution in [3.8, 4) is 17.1 Å². The normalized spacial score (nSPS) is 11.0. The third-order valence-electron chi connectivity index (χ3n) is 3.48. The number of para-hydroxylation sites is 1. The number of nitrogen functional groups attached to an aromatic ring is 1. The average molecular weight is 281 g/mol. The van der Waals surface area contributed by atoms with Gasteiger partial charge in [-0.15, -0.1) is 0 Å². The highest BCUT2D eigenvalue weighted by Crippen LogP contribution is 2.29. The molecule has 0 amide bonds. The van der Waals surface area contributed by atoms with Gasteiger partial charge < -0.3 is 5.73 Å². The maximum Gasteiger partial charge on any atom is 0.131 e. The summed E-state index contributed by atoms with van der Waals surface area (Å²) in [5.41, 5.74) is 10.1. The number of hydrogen-bond donors (Lipinski definition) is 1. The zero-order chi connectivity index (χ0) is 14.8. The summed E-state index contributed by atoms with van der Waals surface area (Å²) in [4.78, 5) is 0. The van der Waals surface area contributed by atoms with Gasteiger partial charge in [0, 0.05) is 18.8 Å². The van der Waals surface area contributed by atoms with Gasteiger partial charge in [0.25, 0.3) is 0 Å². The van der Waals surface area contributed by atoms with Crippen LogP contribution >= 0.6 is 0 Å². The highest BCUT2D eigenvalue weighted by Gasteiger charge is 2.18. The lowest BCUT2D eigenvalue weighted by Crippen LogP contribution is -2.02. The molecule has 0 aliphatic carbocycles. The number of nitrogens with zero attached hydrogens (tertiary/aromatic N) is 4. The Bertz CT molecular complexity index is 739. The molecule has 2 N–H and O–H groups in total. The molecule has 108 valence electrons. The average Bonchev–Trinajstić information content (AvgIpc) is 3.06. The van der Waals surface area contributed by atoms with Crippen LogP contribution in [0.4, 0.5) is 5.82 Å². The van der Waals surface area contributed by atoms with E-state index in [-0.39, 0.29) is 0 Å². The van der Waals surface area contributed by atoms with Crippen molar-refractivity contribution in [2.75, 3.05) is 5.73 Å². The molecule has 1 aromatic carbocycles. The van der Waals surface area contributed by atoms with Crippen LogP contribution in [0.25, 0.3) is 17.1 Å². The number of hydrogen-bond acceptors (Lipinski definition) is 3. The van der Waals surface area contributed by atoms with Gasteiger partial charge >= 0.3 is 0 Å². The monoisotopic (exact) mass is 281 g/mol. The minimum absolute atomic E-state index is 0.698. The molecule has 0 saturated carbocycles. The van der Waals surface area contributed by atoms with E-state index in [1.807, 2.05) is 49.6 Å². The van der Waals surface area contributed by atoms with Crippen molar-refractivity contribution in [1.29, 1.82) is 0 Å². The molecule has 0 bridgehead atoms. The molecule has 5 nitrogen and oxygen atoms in total. The smallest absolute Gasteiger partial charge is 0.131 e. The van der Waals surface area contributed by atoms with Gasteiger partial charge in [-0.2, -0.15) is 10.2 Å². The summed E-state index contributed by atoms with van der Waals surface area (Å²) in [6, 6.07) is 11.9. The van der Waals surface area contributed by atoms with E-state index in [1.54, 1.807) is 9.36 Å². The second-order valence-corrected chi connectivity index (χ2v) is 5.08.